The molecule has 2 N–H and O–H groups in total. The first kappa shape index (κ1) is 15.7. The Bertz CT molecular complexity index is 465. The molecule has 1 aromatic rings. The third kappa shape index (κ3) is 3.71. The lowest BCUT2D eigenvalue weighted by Gasteiger charge is -2.35. The van der Waals surface area contributed by atoms with E-state index in [4.69, 9.17) is 0 Å². The smallest absolute Gasteiger partial charge is 0.136 e. The number of benzene rings is 1. The minimum atomic E-state index is -0.438. The Labute approximate surface area is 123 Å². The normalized spacial score (nSPS) is 18.3. The van der Waals surface area contributed by atoms with Crippen molar-refractivity contribution >= 4 is 11.8 Å². The molecule has 5 heteroatoms. The van der Waals surface area contributed by atoms with E-state index >= 15 is 0 Å². The number of hydrogen-bond acceptors (Lipinski definition) is 3. The van der Waals surface area contributed by atoms with Gasteiger partial charge in [0.1, 0.15) is 11.6 Å². The molecule has 1 aliphatic carbocycles. The van der Waals surface area contributed by atoms with E-state index in [9.17, 15) is 13.9 Å². The summed E-state index contributed by atoms with van der Waals surface area (Å²) >= 11 is 1.27. The molecule has 112 valence electrons. The second-order valence-corrected chi connectivity index (χ2v) is 6.77. The van der Waals surface area contributed by atoms with Crippen molar-refractivity contribution < 1.29 is 13.9 Å². The Balaban J connectivity index is 2.10. The molecule has 2 rings (SSSR count). The number of halogens is 2. The molecular formula is C15H21F2NOS. The minimum Gasteiger partial charge on any atom is -0.394 e. The highest BCUT2D eigenvalue weighted by molar-refractivity contribution is 7.99. The third-order valence-corrected chi connectivity index (χ3v) is 4.88. The van der Waals surface area contributed by atoms with Gasteiger partial charge in [-0.1, -0.05) is 13.8 Å². The van der Waals surface area contributed by atoms with E-state index in [0.717, 1.165) is 25.0 Å². The highest BCUT2D eigenvalue weighted by atomic mass is 32.2. The molecular weight excluding hydrogens is 280 g/mol. The van der Waals surface area contributed by atoms with E-state index in [0.29, 0.717) is 16.6 Å². The zero-order valence-electron chi connectivity index (χ0n) is 11.8. The fourth-order valence-electron chi connectivity index (χ4n) is 2.50. The highest BCUT2D eigenvalue weighted by Gasteiger charge is 2.45. The van der Waals surface area contributed by atoms with Crippen LogP contribution in [0.4, 0.5) is 8.78 Å². The number of hydrogen-bond donors (Lipinski definition) is 2. The fraction of sp³-hybridized carbons (Fsp3) is 0.600. The largest absolute Gasteiger partial charge is 0.394 e. The van der Waals surface area contributed by atoms with Crippen molar-refractivity contribution in [3.63, 3.8) is 0 Å². The van der Waals surface area contributed by atoms with Crippen molar-refractivity contribution in [2.24, 2.45) is 5.92 Å². The number of aliphatic hydroxyl groups excluding tert-OH is 1. The second kappa shape index (κ2) is 6.41. The number of aliphatic hydroxyl groups is 1. The molecule has 0 aliphatic heterocycles. The first-order valence-electron chi connectivity index (χ1n) is 6.93. The zero-order chi connectivity index (χ0) is 14.8. The molecule has 1 atom stereocenters. The van der Waals surface area contributed by atoms with Crippen molar-refractivity contribution in [3.8, 4) is 0 Å². The Morgan fingerprint density at radius 2 is 2.10 bits per heavy atom. The first-order chi connectivity index (χ1) is 9.47. The van der Waals surface area contributed by atoms with Gasteiger partial charge < -0.3 is 10.4 Å². The average Bonchev–Trinajstić information content (AvgIpc) is 3.22. The molecule has 1 saturated carbocycles. The molecule has 0 bridgehead atoms. The summed E-state index contributed by atoms with van der Waals surface area (Å²) in [6, 6.07) is 3.71. The number of nitrogens with one attached hydrogen (secondary N) is 1. The molecule has 0 aromatic heterocycles. The molecule has 1 aromatic carbocycles. The molecule has 0 heterocycles. The van der Waals surface area contributed by atoms with Gasteiger partial charge in [-0.25, -0.2) is 8.78 Å². The van der Waals surface area contributed by atoms with E-state index in [1.807, 2.05) is 13.8 Å². The zero-order valence-corrected chi connectivity index (χ0v) is 12.6. The van der Waals surface area contributed by atoms with Crippen LogP contribution in [0.2, 0.25) is 0 Å². The summed E-state index contributed by atoms with van der Waals surface area (Å²) in [6.45, 7) is 4.07. The van der Waals surface area contributed by atoms with Crippen molar-refractivity contribution in [3.05, 3.63) is 29.8 Å². The fourth-order valence-corrected chi connectivity index (χ4v) is 3.73. The summed E-state index contributed by atoms with van der Waals surface area (Å²) in [5, 5.41) is 13.2. The molecule has 1 unspecified atom stereocenters. The maximum atomic E-state index is 13.7. The van der Waals surface area contributed by atoms with Gasteiger partial charge in [0.25, 0.3) is 0 Å². The molecule has 0 radical (unpaired) electrons. The molecule has 1 aliphatic rings. The summed E-state index contributed by atoms with van der Waals surface area (Å²) in [5.74, 6) is 0.0987. The lowest BCUT2D eigenvalue weighted by molar-refractivity contribution is 0.150. The van der Waals surface area contributed by atoms with Crippen LogP contribution in [0.25, 0.3) is 0 Å². The van der Waals surface area contributed by atoms with Gasteiger partial charge >= 0.3 is 0 Å². The first-order valence-corrected chi connectivity index (χ1v) is 7.92. The molecule has 0 saturated heterocycles. The van der Waals surface area contributed by atoms with Gasteiger partial charge in [0.15, 0.2) is 0 Å². The van der Waals surface area contributed by atoms with Gasteiger partial charge in [-0.15, -0.1) is 11.8 Å². The van der Waals surface area contributed by atoms with Crippen LogP contribution in [0.15, 0.2) is 23.1 Å². The second-order valence-electron chi connectivity index (χ2n) is 5.75. The van der Waals surface area contributed by atoms with E-state index < -0.39 is 17.2 Å². The molecule has 0 spiro atoms. The van der Waals surface area contributed by atoms with Crippen molar-refractivity contribution in [2.45, 2.75) is 43.2 Å². The topological polar surface area (TPSA) is 32.3 Å². The van der Waals surface area contributed by atoms with Crippen LogP contribution >= 0.6 is 11.8 Å². The number of thioether (sulfide) groups is 1. The van der Waals surface area contributed by atoms with Gasteiger partial charge in [0.05, 0.1) is 12.1 Å². The minimum absolute atomic E-state index is 0.0137. The number of rotatable bonds is 7. The Morgan fingerprint density at radius 3 is 2.65 bits per heavy atom. The lowest BCUT2D eigenvalue weighted by Crippen LogP contribution is -2.55. The van der Waals surface area contributed by atoms with Crippen LogP contribution in [0.5, 0.6) is 0 Å². The van der Waals surface area contributed by atoms with Crippen LogP contribution in [0.1, 0.15) is 26.7 Å². The van der Waals surface area contributed by atoms with Crippen molar-refractivity contribution in [1.82, 2.24) is 5.32 Å². The van der Waals surface area contributed by atoms with E-state index in [1.165, 1.54) is 17.8 Å². The average molecular weight is 301 g/mol. The SMILES string of the molecule is CC(C)NC(CO)(CSc1cc(F)ccc1F)C1CC1. The quantitative estimate of drug-likeness (QED) is 0.759. The van der Waals surface area contributed by atoms with Crippen molar-refractivity contribution in [2.75, 3.05) is 12.4 Å². The summed E-state index contributed by atoms with van der Waals surface area (Å²) in [6.07, 6.45) is 2.15. The van der Waals surface area contributed by atoms with Crippen LogP contribution in [-0.2, 0) is 0 Å². The summed E-state index contributed by atoms with van der Waals surface area (Å²) < 4.78 is 26.8. The third-order valence-electron chi connectivity index (χ3n) is 3.60. The Morgan fingerprint density at radius 1 is 1.40 bits per heavy atom. The van der Waals surface area contributed by atoms with Crippen LogP contribution < -0.4 is 5.32 Å². The Kier molecular flexibility index (Phi) is 5.04. The van der Waals surface area contributed by atoms with Gasteiger partial charge in [-0.2, -0.15) is 0 Å². The monoisotopic (exact) mass is 301 g/mol. The standard InChI is InChI=1S/C15H21F2NOS/c1-10(2)18-15(8-19,11-3-4-11)9-20-14-7-12(16)5-6-13(14)17/h5-7,10-11,18-19H,3-4,8-9H2,1-2H3. The summed E-state index contributed by atoms with van der Waals surface area (Å²) in [7, 11) is 0. The predicted octanol–water partition coefficient (Wildman–Crippen LogP) is 3.20. The van der Waals surface area contributed by atoms with E-state index in [2.05, 4.69) is 5.32 Å². The molecule has 20 heavy (non-hydrogen) atoms. The maximum absolute atomic E-state index is 13.7. The van der Waals surface area contributed by atoms with Gasteiger partial charge in [-0.05, 0) is 37.0 Å². The van der Waals surface area contributed by atoms with Crippen molar-refractivity contribution in [1.29, 1.82) is 0 Å². The van der Waals surface area contributed by atoms with Gasteiger partial charge in [0.2, 0.25) is 0 Å². The lowest BCUT2D eigenvalue weighted by atomic mass is 9.95. The predicted molar refractivity (Wildman–Crippen MR) is 77.9 cm³/mol. The maximum Gasteiger partial charge on any atom is 0.136 e. The summed E-state index contributed by atoms with van der Waals surface area (Å²) in [4.78, 5) is 0.300. The van der Waals surface area contributed by atoms with Crippen LogP contribution in [0.3, 0.4) is 0 Å². The summed E-state index contributed by atoms with van der Waals surface area (Å²) in [5.41, 5.74) is -0.405. The van der Waals surface area contributed by atoms with E-state index in [1.54, 1.807) is 0 Å². The van der Waals surface area contributed by atoms with E-state index in [-0.39, 0.29) is 12.6 Å². The molecule has 2 nitrogen and oxygen atoms in total. The van der Waals surface area contributed by atoms with Gasteiger partial charge in [-0.3, -0.25) is 0 Å². The Hall–Kier alpha value is -0.650. The van der Waals surface area contributed by atoms with Gasteiger partial charge in [0, 0.05) is 16.7 Å². The molecule has 0 amide bonds. The van der Waals surface area contributed by atoms with Crippen LogP contribution in [-0.4, -0.2) is 29.0 Å². The highest BCUT2D eigenvalue weighted by Crippen LogP contribution is 2.42. The van der Waals surface area contributed by atoms with Crippen LogP contribution in [0, 0.1) is 17.6 Å². The molecule has 1 fully saturated rings.